The van der Waals surface area contributed by atoms with Crippen molar-refractivity contribution in [2.75, 3.05) is 45.1 Å². The molecule has 1 heterocycles. The van der Waals surface area contributed by atoms with Gasteiger partial charge < -0.3 is 15.5 Å². The number of halogens is 1. The average molecular weight is 429 g/mol. The van der Waals surface area contributed by atoms with E-state index in [0.717, 1.165) is 37.3 Å². The largest absolute Gasteiger partial charge is 0.346 e. The van der Waals surface area contributed by atoms with Crippen LogP contribution in [0.1, 0.15) is 22.7 Å². The second-order valence-corrected chi connectivity index (χ2v) is 8.30. The lowest BCUT2D eigenvalue weighted by Crippen LogP contribution is -2.49. The Kier molecular flexibility index (Phi) is 7.48. The number of piperazine rings is 1. The summed E-state index contributed by atoms with van der Waals surface area (Å²) in [6, 6.07) is 13.5. The Balaban J connectivity index is 1.65. The summed E-state index contributed by atoms with van der Waals surface area (Å²) in [5.41, 5.74) is 3.74. The zero-order valence-electron chi connectivity index (χ0n) is 17.7. The highest BCUT2D eigenvalue weighted by atomic mass is 35.5. The highest BCUT2D eigenvalue weighted by Gasteiger charge is 2.25. The Morgan fingerprint density at radius 3 is 2.30 bits per heavy atom. The molecule has 3 rings (SSSR count). The number of anilines is 1. The summed E-state index contributed by atoms with van der Waals surface area (Å²) >= 11 is 6.09. The molecule has 0 bridgehead atoms. The Hall–Kier alpha value is -2.41. The minimum absolute atomic E-state index is 0.0184. The van der Waals surface area contributed by atoms with Crippen LogP contribution in [0.5, 0.6) is 0 Å². The van der Waals surface area contributed by atoms with Crippen molar-refractivity contribution in [1.29, 1.82) is 0 Å². The molecule has 7 heteroatoms. The molecule has 0 aliphatic carbocycles. The maximum Gasteiger partial charge on any atom is 0.313 e. The third-order valence-electron chi connectivity index (χ3n) is 5.53. The van der Waals surface area contributed by atoms with E-state index in [2.05, 4.69) is 58.7 Å². The first-order valence-corrected chi connectivity index (χ1v) is 10.6. The molecule has 1 aliphatic heterocycles. The summed E-state index contributed by atoms with van der Waals surface area (Å²) in [7, 11) is 2.11. The van der Waals surface area contributed by atoms with Gasteiger partial charge in [0.15, 0.2) is 0 Å². The Labute approximate surface area is 183 Å². The van der Waals surface area contributed by atoms with Crippen molar-refractivity contribution in [3.63, 3.8) is 0 Å². The monoisotopic (exact) mass is 428 g/mol. The predicted molar refractivity (Wildman–Crippen MR) is 121 cm³/mol. The SMILES string of the molecule is Cc1ccc(C(CNC(=O)C(=O)Nc2ccc(C)c(Cl)c2)N2CCN(C)CC2)cc1. The second-order valence-electron chi connectivity index (χ2n) is 7.89. The molecule has 30 heavy (non-hydrogen) atoms. The fraction of sp³-hybridized carbons (Fsp3) is 0.391. The molecule has 2 N–H and O–H groups in total. The molecule has 1 aliphatic rings. The van der Waals surface area contributed by atoms with Gasteiger partial charge in [0.25, 0.3) is 0 Å². The van der Waals surface area contributed by atoms with Gasteiger partial charge in [0.05, 0.1) is 6.04 Å². The van der Waals surface area contributed by atoms with Gasteiger partial charge in [-0.2, -0.15) is 0 Å². The predicted octanol–water partition coefficient (Wildman–Crippen LogP) is 3.00. The van der Waals surface area contributed by atoms with Crippen molar-refractivity contribution >= 4 is 29.1 Å². The standard InChI is InChI=1S/C23H29ClN4O2/c1-16-4-7-18(8-5-16)21(28-12-10-27(3)11-13-28)15-25-22(29)23(30)26-19-9-6-17(2)20(24)14-19/h4-9,14,21H,10-13,15H2,1-3H3,(H,25,29)(H,26,30). The van der Waals surface area contributed by atoms with E-state index in [4.69, 9.17) is 11.6 Å². The lowest BCUT2D eigenvalue weighted by molar-refractivity contribution is -0.136. The van der Waals surface area contributed by atoms with E-state index in [0.29, 0.717) is 17.3 Å². The molecule has 2 amide bonds. The van der Waals surface area contributed by atoms with Crippen molar-refractivity contribution in [3.05, 3.63) is 64.2 Å². The molecule has 0 aromatic heterocycles. The number of aryl methyl sites for hydroxylation is 2. The number of amides is 2. The molecule has 1 fully saturated rings. The van der Waals surface area contributed by atoms with Crippen LogP contribution < -0.4 is 10.6 Å². The van der Waals surface area contributed by atoms with Crippen LogP contribution in [-0.2, 0) is 9.59 Å². The van der Waals surface area contributed by atoms with Gasteiger partial charge in [-0.1, -0.05) is 47.5 Å². The lowest BCUT2D eigenvalue weighted by Gasteiger charge is -2.38. The number of nitrogens with one attached hydrogen (secondary N) is 2. The highest BCUT2D eigenvalue weighted by molar-refractivity contribution is 6.39. The minimum atomic E-state index is -0.698. The molecule has 0 saturated carbocycles. The maximum atomic E-state index is 12.4. The van der Waals surface area contributed by atoms with Crippen LogP contribution in [0.25, 0.3) is 0 Å². The van der Waals surface area contributed by atoms with Crippen LogP contribution in [-0.4, -0.2) is 61.4 Å². The van der Waals surface area contributed by atoms with Gasteiger partial charge in [-0.05, 0) is 44.2 Å². The van der Waals surface area contributed by atoms with Gasteiger partial charge in [0.1, 0.15) is 0 Å². The molecule has 1 unspecified atom stereocenters. The Morgan fingerprint density at radius 1 is 1.00 bits per heavy atom. The summed E-state index contributed by atoms with van der Waals surface area (Å²) in [6.07, 6.45) is 0. The number of carbonyl (C=O) groups excluding carboxylic acids is 2. The van der Waals surface area contributed by atoms with Crippen LogP contribution in [0.15, 0.2) is 42.5 Å². The normalized spacial score (nSPS) is 16.1. The number of benzene rings is 2. The Morgan fingerprint density at radius 2 is 1.67 bits per heavy atom. The number of hydrogen-bond donors (Lipinski definition) is 2. The molecule has 2 aromatic carbocycles. The molecular weight excluding hydrogens is 400 g/mol. The number of nitrogens with zero attached hydrogens (tertiary/aromatic N) is 2. The highest BCUT2D eigenvalue weighted by Crippen LogP contribution is 2.22. The zero-order valence-corrected chi connectivity index (χ0v) is 18.5. The fourth-order valence-corrected chi connectivity index (χ4v) is 3.69. The zero-order chi connectivity index (χ0) is 21.7. The summed E-state index contributed by atoms with van der Waals surface area (Å²) in [5, 5.41) is 5.97. The van der Waals surface area contributed by atoms with Crippen molar-refractivity contribution < 1.29 is 9.59 Å². The number of likely N-dealkylation sites (N-methyl/N-ethyl adjacent to an activating group) is 1. The first-order chi connectivity index (χ1) is 14.3. The van der Waals surface area contributed by atoms with Gasteiger partial charge in [-0.15, -0.1) is 0 Å². The fourth-order valence-electron chi connectivity index (χ4n) is 3.51. The van der Waals surface area contributed by atoms with Gasteiger partial charge in [-0.3, -0.25) is 14.5 Å². The van der Waals surface area contributed by atoms with E-state index in [1.54, 1.807) is 18.2 Å². The molecule has 1 saturated heterocycles. The minimum Gasteiger partial charge on any atom is -0.346 e. The summed E-state index contributed by atoms with van der Waals surface area (Å²) in [4.78, 5) is 29.4. The van der Waals surface area contributed by atoms with Gasteiger partial charge >= 0.3 is 11.8 Å². The van der Waals surface area contributed by atoms with E-state index in [9.17, 15) is 9.59 Å². The van der Waals surface area contributed by atoms with Crippen molar-refractivity contribution in [1.82, 2.24) is 15.1 Å². The summed E-state index contributed by atoms with van der Waals surface area (Å²) in [6.45, 7) is 8.09. The van der Waals surface area contributed by atoms with E-state index < -0.39 is 11.8 Å². The second kappa shape index (κ2) is 10.1. The van der Waals surface area contributed by atoms with Crippen LogP contribution in [0.2, 0.25) is 5.02 Å². The van der Waals surface area contributed by atoms with E-state index in [-0.39, 0.29) is 6.04 Å². The van der Waals surface area contributed by atoms with Crippen molar-refractivity contribution in [2.24, 2.45) is 0 Å². The van der Waals surface area contributed by atoms with E-state index in [1.165, 1.54) is 5.56 Å². The topological polar surface area (TPSA) is 64.7 Å². The van der Waals surface area contributed by atoms with Crippen molar-refractivity contribution in [2.45, 2.75) is 19.9 Å². The Bertz CT molecular complexity index is 893. The van der Waals surface area contributed by atoms with E-state index >= 15 is 0 Å². The maximum absolute atomic E-state index is 12.4. The molecule has 6 nitrogen and oxygen atoms in total. The van der Waals surface area contributed by atoms with Crippen LogP contribution in [0.3, 0.4) is 0 Å². The number of rotatable bonds is 5. The van der Waals surface area contributed by atoms with Gasteiger partial charge in [-0.25, -0.2) is 0 Å². The molecule has 2 aromatic rings. The lowest BCUT2D eigenvalue weighted by atomic mass is 10.0. The summed E-state index contributed by atoms with van der Waals surface area (Å²) in [5.74, 6) is -1.35. The third kappa shape index (κ3) is 5.81. The van der Waals surface area contributed by atoms with E-state index in [1.807, 2.05) is 6.92 Å². The first kappa shape index (κ1) is 22.3. The average Bonchev–Trinajstić information content (AvgIpc) is 2.73. The van der Waals surface area contributed by atoms with Gasteiger partial charge in [0.2, 0.25) is 0 Å². The summed E-state index contributed by atoms with van der Waals surface area (Å²) < 4.78 is 0. The number of hydrogen-bond acceptors (Lipinski definition) is 4. The molecule has 160 valence electrons. The van der Waals surface area contributed by atoms with Crippen molar-refractivity contribution in [3.8, 4) is 0 Å². The molecular formula is C23H29ClN4O2. The smallest absolute Gasteiger partial charge is 0.313 e. The molecule has 0 spiro atoms. The number of carbonyl (C=O) groups is 2. The quantitative estimate of drug-likeness (QED) is 0.718. The van der Waals surface area contributed by atoms with Crippen LogP contribution in [0, 0.1) is 13.8 Å². The molecule has 0 radical (unpaired) electrons. The first-order valence-electron chi connectivity index (χ1n) is 10.2. The van der Waals surface area contributed by atoms with Crippen LogP contribution in [0.4, 0.5) is 5.69 Å². The molecule has 1 atom stereocenters. The van der Waals surface area contributed by atoms with Crippen LogP contribution >= 0.6 is 11.6 Å². The third-order valence-corrected chi connectivity index (χ3v) is 5.94. The van der Waals surface area contributed by atoms with Gasteiger partial charge in [0, 0.05) is 43.4 Å².